The molecule has 14 heavy (non-hydrogen) atoms. The highest BCUT2D eigenvalue weighted by atomic mass is 16.5. The van der Waals surface area contributed by atoms with E-state index in [0.29, 0.717) is 18.1 Å². The number of para-hydroxylation sites is 1. The number of ether oxygens (including phenoxy) is 1. The number of nitrogens with zero attached hydrogens (tertiary/aromatic N) is 1. The molecular formula is C11H13NO2. The highest BCUT2D eigenvalue weighted by molar-refractivity contribution is 5.97. The van der Waals surface area contributed by atoms with Crippen molar-refractivity contribution >= 4 is 5.90 Å². The standard InChI is InChI=1S/C11H13NO2/c1-2-8-7-14-11(12-8)9-5-3-4-6-10(9)13/h3-6,8,13H,2,7H2,1H3. The minimum atomic E-state index is 0.225. The molecule has 0 saturated carbocycles. The van der Waals surface area contributed by atoms with Crippen LogP contribution >= 0.6 is 0 Å². The van der Waals surface area contributed by atoms with E-state index in [2.05, 4.69) is 11.9 Å². The first-order valence-corrected chi connectivity index (χ1v) is 4.80. The fraction of sp³-hybridized carbons (Fsp3) is 0.364. The van der Waals surface area contributed by atoms with Crippen LogP contribution in [0, 0.1) is 0 Å². The largest absolute Gasteiger partial charge is 0.507 e. The van der Waals surface area contributed by atoms with Crippen LogP contribution in [0.5, 0.6) is 5.75 Å². The third-order valence-corrected chi connectivity index (χ3v) is 2.32. The quantitative estimate of drug-likeness (QED) is 0.776. The summed E-state index contributed by atoms with van der Waals surface area (Å²) < 4.78 is 5.41. The zero-order chi connectivity index (χ0) is 9.97. The number of hydrogen-bond donors (Lipinski definition) is 1. The molecule has 0 bridgehead atoms. The van der Waals surface area contributed by atoms with Crippen molar-refractivity contribution in [2.75, 3.05) is 6.61 Å². The van der Waals surface area contributed by atoms with E-state index in [0.717, 1.165) is 6.42 Å². The predicted octanol–water partition coefficient (Wildman–Crippen LogP) is 1.95. The van der Waals surface area contributed by atoms with Crippen LogP contribution in [0.15, 0.2) is 29.3 Å². The van der Waals surface area contributed by atoms with Gasteiger partial charge in [-0.25, -0.2) is 4.99 Å². The average molecular weight is 191 g/mol. The van der Waals surface area contributed by atoms with E-state index in [-0.39, 0.29) is 11.8 Å². The van der Waals surface area contributed by atoms with Crippen LogP contribution in [0.1, 0.15) is 18.9 Å². The van der Waals surface area contributed by atoms with Crippen LogP contribution in [0.4, 0.5) is 0 Å². The first-order valence-electron chi connectivity index (χ1n) is 4.80. The summed E-state index contributed by atoms with van der Waals surface area (Å²) in [5, 5.41) is 9.57. The molecule has 1 heterocycles. The minimum Gasteiger partial charge on any atom is -0.507 e. The van der Waals surface area contributed by atoms with Crippen molar-refractivity contribution in [2.45, 2.75) is 19.4 Å². The summed E-state index contributed by atoms with van der Waals surface area (Å²) in [5.74, 6) is 0.790. The molecule has 0 amide bonds. The first kappa shape index (κ1) is 9.06. The summed E-state index contributed by atoms with van der Waals surface area (Å²) in [6.45, 7) is 2.70. The summed E-state index contributed by atoms with van der Waals surface area (Å²) in [7, 11) is 0. The Hall–Kier alpha value is -1.51. The monoisotopic (exact) mass is 191 g/mol. The Morgan fingerprint density at radius 3 is 2.93 bits per heavy atom. The van der Waals surface area contributed by atoms with Gasteiger partial charge in [0.05, 0.1) is 11.6 Å². The molecular weight excluding hydrogens is 178 g/mol. The molecule has 3 nitrogen and oxygen atoms in total. The molecule has 0 radical (unpaired) electrons. The molecule has 1 N–H and O–H groups in total. The second kappa shape index (κ2) is 3.70. The van der Waals surface area contributed by atoms with Gasteiger partial charge in [0.1, 0.15) is 12.4 Å². The molecule has 2 rings (SSSR count). The predicted molar refractivity (Wildman–Crippen MR) is 54.7 cm³/mol. The lowest BCUT2D eigenvalue weighted by atomic mass is 10.2. The average Bonchev–Trinajstić information content (AvgIpc) is 2.67. The number of rotatable bonds is 2. The maximum absolute atomic E-state index is 9.57. The normalized spacial score (nSPS) is 20.4. The Morgan fingerprint density at radius 2 is 2.29 bits per heavy atom. The second-order valence-corrected chi connectivity index (χ2v) is 3.32. The molecule has 74 valence electrons. The highest BCUT2D eigenvalue weighted by Crippen LogP contribution is 2.21. The molecule has 1 atom stereocenters. The Balaban J connectivity index is 2.28. The van der Waals surface area contributed by atoms with Crippen molar-refractivity contribution in [3.8, 4) is 5.75 Å². The van der Waals surface area contributed by atoms with Crippen molar-refractivity contribution in [3.63, 3.8) is 0 Å². The Labute approximate surface area is 83.1 Å². The number of phenols is 1. The third-order valence-electron chi connectivity index (χ3n) is 2.32. The van der Waals surface area contributed by atoms with E-state index < -0.39 is 0 Å². The molecule has 3 heteroatoms. The number of benzene rings is 1. The van der Waals surface area contributed by atoms with E-state index in [9.17, 15) is 5.11 Å². The van der Waals surface area contributed by atoms with Gasteiger partial charge >= 0.3 is 0 Å². The number of aliphatic imine (C=N–C) groups is 1. The van der Waals surface area contributed by atoms with Gasteiger partial charge in [-0.1, -0.05) is 19.1 Å². The number of phenolic OH excluding ortho intramolecular Hbond substituents is 1. The van der Waals surface area contributed by atoms with Crippen molar-refractivity contribution in [1.82, 2.24) is 0 Å². The molecule has 0 spiro atoms. The van der Waals surface area contributed by atoms with E-state index in [4.69, 9.17) is 4.74 Å². The van der Waals surface area contributed by atoms with Gasteiger partial charge in [-0.3, -0.25) is 0 Å². The van der Waals surface area contributed by atoms with Gasteiger partial charge in [0.25, 0.3) is 0 Å². The van der Waals surface area contributed by atoms with Crippen LogP contribution in [0.3, 0.4) is 0 Å². The van der Waals surface area contributed by atoms with E-state index >= 15 is 0 Å². The van der Waals surface area contributed by atoms with Crippen LogP contribution < -0.4 is 0 Å². The molecule has 1 aromatic rings. The van der Waals surface area contributed by atoms with Gasteiger partial charge in [0, 0.05) is 0 Å². The Morgan fingerprint density at radius 1 is 1.50 bits per heavy atom. The van der Waals surface area contributed by atoms with Crippen molar-refractivity contribution < 1.29 is 9.84 Å². The lowest BCUT2D eigenvalue weighted by Crippen LogP contribution is -2.03. The molecule has 1 aromatic carbocycles. The molecule has 1 aliphatic rings. The lowest BCUT2D eigenvalue weighted by molar-refractivity contribution is 0.314. The summed E-state index contributed by atoms with van der Waals surface area (Å²) in [6.07, 6.45) is 0.969. The molecule has 1 aliphatic heterocycles. The van der Waals surface area contributed by atoms with Crippen molar-refractivity contribution in [2.24, 2.45) is 4.99 Å². The fourth-order valence-electron chi connectivity index (χ4n) is 1.43. The topological polar surface area (TPSA) is 41.8 Å². The Kier molecular flexibility index (Phi) is 2.39. The van der Waals surface area contributed by atoms with Crippen LogP contribution in [0.2, 0.25) is 0 Å². The van der Waals surface area contributed by atoms with Crippen molar-refractivity contribution in [1.29, 1.82) is 0 Å². The maximum atomic E-state index is 9.57. The van der Waals surface area contributed by atoms with Gasteiger partial charge in [-0.2, -0.15) is 0 Å². The Bertz CT molecular complexity index is 360. The van der Waals surface area contributed by atoms with Gasteiger partial charge in [-0.05, 0) is 18.6 Å². The second-order valence-electron chi connectivity index (χ2n) is 3.32. The summed E-state index contributed by atoms with van der Waals surface area (Å²) in [6, 6.07) is 7.34. The van der Waals surface area contributed by atoms with E-state index in [1.54, 1.807) is 12.1 Å². The third kappa shape index (κ3) is 1.58. The van der Waals surface area contributed by atoms with Gasteiger partial charge in [-0.15, -0.1) is 0 Å². The molecule has 0 fully saturated rings. The highest BCUT2D eigenvalue weighted by Gasteiger charge is 2.20. The molecule has 0 aromatic heterocycles. The lowest BCUT2D eigenvalue weighted by Gasteiger charge is -2.02. The van der Waals surface area contributed by atoms with E-state index in [1.165, 1.54) is 0 Å². The zero-order valence-electron chi connectivity index (χ0n) is 8.10. The SMILES string of the molecule is CCC1COC(c2ccccc2O)=N1. The first-order chi connectivity index (χ1) is 6.81. The number of aromatic hydroxyl groups is 1. The van der Waals surface area contributed by atoms with Crippen LogP contribution in [-0.2, 0) is 4.74 Å². The molecule has 0 saturated heterocycles. The minimum absolute atomic E-state index is 0.225. The molecule has 0 aliphatic carbocycles. The van der Waals surface area contributed by atoms with Gasteiger partial charge < -0.3 is 9.84 Å². The summed E-state index contributed by atoms with van der Waals surface area (Å²) in [5.41, 5.74) is 0.684. The van der Waals surface area contributed by atoms with E-state index in [1.807, 2.05) is 12.1 Å². The smallest absolute Gasteiger partial charge is 0.220 e. The van der Waals surface area contributed by atoms with Gasteiger partial charge in [0.15, 0.2) is 0 Å². The summed E-state index contributed by atoms with van der Waals surface area (Å²) in [4.78, 5) is 4.37. The molecule has 1 unspecified atom stereocenters. The zero-order valence-corrected chi connectivity index (χ0v) is 8.10. The maximum Gasteiger partial charge on any atom is 0.220 e. The van der Waals surface area contributed by atoms with Gasteiger partial charge in [0.2, 0.25) is 5.90 Å². The number of hydrogen-bond acceptors (Lipinski definition) is 3. The fourth-order valence-corrected chi connectivity index (χ4v) is 1.43. The van der Waals surface area contributed by atoms with Crippen LogP contribution in [-0.4, -0.2) is 23.7 Å². The van der Waals surface area contributed by atoms with Crippen molar-refractivity contribution in [3.05, 3.63) is 29.8 Å². The summed E-state index contributed by atoms with van der Waals surface area (Å²) >= 11 is 0. The van der Waals surface area contributed by atoms with Crippen LogP contribution in [0.25, 0.3) is 0 Å².